The van der Waals surface area contributed by atoms with E-state index in [-0.39, 0.29) is 6.71 Å². The van der Waals surface area contributed by atoms with E-state index in [0.717, 1.165) is 56.1 Å². The standard InChI is InChI=1S/C44H27BO2/c1-3-13-28(14-4-1)31-26-40-44-41(27-31)47-39-25-30(23-24-37(39)45(44)36-21-11-12-22-38(36)46-40)43-34-19-9-7-17-32(34)42(29-15-5-2-6-16-29)33-18-8-10-20-35(33)43/h1-27H. The van der Waals surface area contributed by atoms with Gasteiger partial charge in [0.05, 0.1) is 0 Å². The van der Waals surface area contributed by atoms with Gasteiger partial charge in [-0.25, -0.2) is 0 Å². The summed E-state index contributed by atoms with van der Waals surface area (Å²) in [5.74, 6) is 3.48. The summed E-state index contributed by atoms with van der Waals surface area (Å²) in [7, 11) is 0. The van der Waals surface area contributed by atoms with Crippen LogP contribution in [0.5, 0.6) is 23.0 Å². The van der Waals surface area contributed by atoms with Crippen LogP contribution in [0.1, 0.15) is 0 Å². The van der Waals surface area contributed by atoms with Gasteiger partial charge in [-0.1, -0.05) is 140 Å². The Labute approximate surface area is 273 Å². The van der Waals surface area contributed by atoms with E-state index in [0.29, 0.717) is 0 Å². The first-order valence-corrected chi connectivity index (χ1v) is 16.1. The fraction of sp³-hybridized carbons (Fsp3) is 0. The van der Waals surface area contributed by atoms with Crippen LogP contribution in [0, 0.1) is 0 Å². The largest absolute Gasteiger partial charge is 0.458 e. The lowest BCUT2D eigenvalue weighted by Crippen LogP contribution is -2.57. The highest BCUT2D eigenvalue weighted by atomic mass is 16.5. The van der Waals surface area contributed by atoms with E-state index in [9.17, 15) is 0 Å². The van der Waals surface area contributed by atoms with Crippen molar-refractivity contribution in [2.45, 2.75) is 0 Å². The van der Waals surface area contributed by atoms with Crippen LogP contribution in [0.4, 0.5) is 0 Å². The van der Waals surface area contributed by atoms with E-state index in [1.165, 1.54) is 38.2 Å². The van der Waals surface area contributed by atoms with Crippen molar-refractivity contribution in [3.63, 3.8) is 0 Å². The Balaban J connectivity index is 1.22. The van der Waals surface area contributed by atoms with Crippen LogP contribution in [0.2, 0.25) is 0 Å². The quantitative estimate of drug-likeness (QED) is 0.149. The van der Waals surface area contributed by atoms with Gasteiger partial charge in [-0.2, -0.15) is 0 Å². The van der Waals surface area contributed by atoms with Gasteiger partial charge in [0.2, 0.25) is 0 Å². The SMILES string of the molecule is c1ccc(-c2cc3c4c(c2)Oc2cc(-c5c6ccccc6c(-c6ccccc6)c6ccccc56)ccc2B4c2ccccc2O3)cc1. The maximum absolute atomic E-state index is 6.90. The summed E-state index contributed by atoms with van der Waals surface area (Å²) in [6.07, 6.45) is 0. The molecule has 0 unspecified atom stereocenters. The third kappa shape index (κ3) is 4.00. The minimum absolute atomic E-state index is 0.0153. The number of hydrogen-bond acceptors (Lipinski definition) is 2. The highest BCUT2D eigenvalue weighted by Gasteiger charge is 2.40. The van der Waals surface area contributed by atoms with Crippen molar-refractivity contribution in [2.24, 2.45) is 0 Å². The minimum atomic E-state index is 0.0153. The summed E-state index contributed by atoms with van der Waals surface area (Å²) >= 11 is 0. The third-order valence-electron chi connectivity index (χ3n) is 9.78. The molecule has 8 aromatic carbocycles. The van der Waals surface area contributed by atoms with Gasteiger partial charge in [0.1, 0.15) is 23.0 Å². The van der Waals surface area contributed by atoms with Crippen LogP contribution in [0.15, 0.2) is 164 Å². The summed E-state index contributed by atoms with van der Waals surface area (Å²) in [6.45, 7) is 0.0153. The summed E-state index contributed by atoms with van der Waals surface area (Å²) in [5, 5.41) is 4.94. The Hall–Kier alpha value is -6.06. The molecule has 0 aliphatic carbocycles. The first-order valence-electron chi connectivity index (χ1n) is 16.1. The Bertz CT molecular complexity index is 2460. The molecule has 0 amide bonds. The van der Waals surface area contributed by atoms with E-state index < -0.39 is 0 Å². The topological polar surface area (TPSA) is 18.5 Å². The predicted molar refractivity (Wildman–Crippen MR) is 195 cm³/mol. The smallest absolute Gasteiger partial charge is 0.260 e. The molecule has 2 nitrogen and oxygen atoms in total. The Kier molecular flexibility index (Phi) is 5.70. The van der Waals surface area contributed by atoms with Crippen LogP contribution in [0.3, 0.4) is 0 Å². The molecule has 0 atom stereocenters. The van der Waals surface area contributed by atoms with Gasteiger partial charge in [-0.15, -0.1) is 0 Å². The second-order valence-corrected chi connectivity index (χ2v) is 12.4. The van der Waals surface area contributed by atoms with E-state index >= 15 is 0 Å². The average molecular weight is 599 g/mol. The molecule has 0 aromatic heterocycles. The minimum Gasteiger partial charge on any atom is -0.458 e. The van der Waals surface area contributed by atoms with Gasteiger partial charge in [0.25, 0.3) is 6.71 Å². The zero-order chi connectivity index (χ0) is 30.9. The Morgan fingerprint density at radius 1 is 0.319 bits per heavy atom. The maximum atomic E-state index is 6.90. The molecule has 0 saturated heterocycles. The molecule has 3 heteroatoms. The number of rotatable bonds is 3. The molecule has 0 saturated carbocycles. The summed E-state index contributed by atoms with van der Waals surface area (Å²) < 4.78 is 13.5. The fourth-order valence-corrected chi connectivity index (χ4v) is 7.75. The molecule has 0 radical (unpaired) electrons. The van der Waals surface area contributed by atoms with E-state index in [1.54, 1.807) is 0 Å². The predicted octanol–water partition coefficient (Wildman–Crippen LogP) is 9.72. The molecule has 2 heterocycles. The van der Waals surface area contributed by atoms with Gasteiger partial charge in [0.15, 0.2) is 0 Å². The van der Waals surface area contributed by atoms with Crippen molar-refractivity contribution < 1.29 is 9.47 Å². The molecule has 2 aliphatic rings. The Morgan fingerprint density at radius 3 is 1.43 bits per heavy atom. The normalized spacial score (nSPS) is 12.6. The molecule has 47 heavy (non-hydrogen) atoms. The third-order valence-corrected chi connectivity index (χ3v) is 9.78. The number of hydrogen-bond donors (Lipinski definition) is 0. The van der Waals surface area contributed by atoms with Crippen LogP contribution >= 0.6 is 0 Å². The zero-order valence-electron chi connectivity index (χ0n) is 25.5. The van der Waals surface area contributed by atoms with Crippen molar-refractivity contribution in [3.8, 4) is 56.4 Å². The first-order chi connectivity index (χ1) is 23.3. The second-order valence-electron chi connectivity index (χ2n) is 12.4. The van der Waals surface area contributed by atoms with Gasteiger partial charge in [-0.3, -0.25) is 0 Å². The molecule has 218 valence electrons. The highest BCUT2D eigenvalue weighted by Crippen LogP contribution is 2.45. The molecular formula is C44H27BO2. The second kappa shape index (κ2) is 10.2. The van der Waals surface area contributed by atoms with E-state index in [1.807, 2.05) is 12.1 Å². The Morgan fingerprint density at radius 2 is 0.787 bits per heavy atom. The summed E-state index contributed by atoms with van der Waals surface area (Å²) in [4.78, 5) is 0. The summed E-state index contributed by atoms with van der Waals surface area (Å²) in [6, 6.07) is 58.3. The maximum Gasteiger partial charge on any atom is 0.260 e. The van der Waals surface area contributed by atoms with E-state index in [2.05, 4.69) is 152 Å². The molecule has 0 fully saturated rings. The first kappa shape index (κ1) is 26.2. The number of ether oxygens (including phenoxy) is 2. The van der Waals surface area contributed by atoms with Crippen molar-refractivity contribution in [2.75, 3.05) is 0 Å². The fourth-order valence-electron chi connectivity index (χ4n) is 7.75. The van der Waals surface area contributed by atoms with Crippen LogP contribution in [0.25, 0.3) is 54.9 Å². The highest BCUT2D eigenvalue weighted by molar-refractivity contribution is 6.98. The van der Waals surface area contributed by atoms with Gasteiger partial charge in [0, 0.05) is 5.46 Å². The number of benzene rings is 8. The monoisotopic (exact) mass is 598 g/mol. The van der Waals surface area contributed by atoms with Gasteiger partial charge < -0.3 is 9.47 Å². The molecule has 0 bridgehead atoms. The molecular weight excluding hydrogens is 571 g/mol. The summed E-state index contributed by atoms with van der Waals surface area (Å²) in [5.41, 5.74) is 10.5. The molecule has 0 N–H and O–H groups in total. The van der Waals surface area contributed by atoms with Crippen molar-refractivity contribution in [3.05, 3.63) is 164 Å². The number of fused-ring (bicyclic) bond motifs is 6. The van der Waals surface area contributed by atoms with Crippen LogP contribution in [-0.4, -0.2) is 6.71 Å². The lowest BCUT2D eigenvalue weighted by Gasteiger charge is -2.33. The van der Waals surface area contributed by atoms with Crippen molar-refractivity contribution >= 4 is 44.6 Å². The van der Waals surface area contributed by atoms with Gasteiger partial charge in [-0.05, 0) is 90.1 Å². The van der Waals surface area contributed by atoms with Crippen LogP contribution in [-0.2, 0) is 0 Å². The molecule has 2 aliphatic heterocycles. The molecule has 0 spiro atoms. The zero-order valence-corrected chi connectivity index (χ0v) is 25.5. The van der Waals surface area contributed by atoms with E-state index in [4.69, 9.17) is 9.47 Å². The lowest BCUT2D eigenvalue weighted by molar-refractivity contribution is 0.465. The van der Waals surface area contributed by atoms with Crippen molar-refractivity contribution in [1.29, 1.82) is 0 Å². The van der Waals surface area contributed by atoms with Gasteiger partial charge >= 0.3 is 0 Å². The molecule has 10 rings (SSSR count). The molecule has 8 aromatic rings. The van der Waals surface area contributed by atoms with Crippen molar-refractivity contribution in [1.82, 2.24) is 0 Å². The average Bonchev–Trinajstić information content (AvgIpc) is 3.14. The lowest BCUT2D eigenvalue weighted by atomic mass is 9.35. The van der Waals surface area contributed by atoms with Crippen LogP contribution < -0.4 is 25.9 Å². The number of para-hydroxylation sites is 1.